The molecule has 2 aromatic carbocycles. The van der Waals surface area contributed by atoms with Crippen molar-refractivity contribution in [1.82, 2.24) is 14.8 Å². The van der Waals surface area contributed by atoms with Gasteiger partial charge in [-0.3, -0.25) is 4.90 Å². The van der Waals surface area contributed by atoms with E-state index >= 15 is 0 Å². The number of rotatable bonds is 7. The lowest BCUT2D eigenvalue weighted by Crippen LogP contribution is -2.28. The second-order valence-electron chi connectivity index (χ2n) is 8.93. The Hall–Kier alpha value is -3.90. The van der Waals surface area contributed by atoms with Crippen LogP contribution >= 0.6 is 0 Å². The van der Waals surface area contributed by atoms with Gasteiger partial charge >= 0.3 is 6.18 Å². The molecule has 3 N–H and O–H groups in total. The Labute approximate surface area is 213 Å². The highest BCUT2D eigenvalue weighted by Crippen LogP contribution is 2.32. The molecule has 37 heavy (non-hydrogen) atoms. The minimum Gasteiger partial charge on any atom is -0.388 e. The van der Waals surface area contributed by atoms with Crippen molar-refractivity contribution in [2.24, 2.45) is 0 Å². The predicted molar refractivity (Wildman–Crippen MR) is 142 cm³/mol. The van der Waals surface area contributed by atoms with Crippen LogP contribution < -0.4 is 16.0 Å². The van der Waals surface area contributed by atoms with E-state index in [0.717, 1.165) is 21.5 Å². The summed E-state index contributed by atoms with van der Waals surface area (Å²) >= 11 is 0. The van der Waals surface area contributed by atoms with Crippen LogP contribution in [0.5, 0.6) is 0 Å². The Bertz CT molecular complexity index is 1370. The van der Waals surface area contributed by atoms with E-state index in [1.807, 2.05) is 36.2 Å². The first-order valence-corrected chi connectivity index (χ1v) is 11.9. The van der Waals surface area contributed by atoms with Gasteiger partial charge in [0.2, 0.25) is 0 Å². The highest BCUT2D eigenvalue weighted by Gasteiger charge is 2.30. The van der Waals surface area contributed by atoms with Crippen molar-refractivity contribution in [2.75, 3.05) is 44.4 Å². The molecule has 194 valence electrons. The van der Waals surface area contributed by atoms with Crippen molar-refractivity contribution in [1.29, 1.82) is 0 Å². The van der Waals surface area contributed by atoms with Gasteiger partial charge in [-0.05, 0) is 48.9 Å². The van der Waals surface area contributed by atoms with Crippen molar-refractivity contribution in [2.45, 2.75) is 19.1 Å². The van der Waals surface area contributed by atoms with E-state index in [-0.39, 0.29) is 24.6 Å². The first kappa shape index (κ1) is 26.2. The fraction of sp³-hybridized carbons (Fsp3) is 0.286. The van der Waals surface area contributed by atoms with Gasteiger partial charge in [-0.15, -0.1) is 0 Å². The monoisotopic (exact) mass is 511 g/mol. The molecule has 0 atom stereocenters. The molecular formula is C28H29F4N5. The molecule has 0 aliphatic carbocycles. The van der Waals surface area contributed by atoms with Gasteiger partial charge in [-0.25, -0.2) is 4.39 Å². The van der Waals surface area contributed by atoms with Crippen LogP contribution in [-0.2, 0) is 6.54 Å². The molecule has 9 heteroatoms. The standard InChI is InChI=1S/C28H29F4N5/c1-19(33-2)20-9-11-21(12-10-20)34-14-5-6-22-16-23-25(35-26-13-15-36(3)17-24(26)29)7-4-8-27(23)37(22)18-28(30,31)32/h4,7-12,16,33-35H,1,13-15,17-18H2,2-3H3. The maximum atomic E-state index is 14.5. The number of hydrogen-bond donors (Lipinski definition) is 3. The number of nitrogens with one attached hydrogen (secondary N) is 3. The number of alkyl halides is 3. The minimum absolute atomic E-state index is 0.199. The van der Waals surface area contributed by atoms with Crippen LogP contribution in [0.4, 0.5) is 28.9 Å². The quantitative estimate of drug-likeness (QED) is 0.278. The molecule has 0 spiro atoms. The molecule has 1 aromatic heterocycles. The van der Waals surface area contributed by atoms with Crippen LogP contribution in [0.1, 0.15) is 17.7 Å². The molecule has 4 rings (SSSR count). The molecule has 0 unspecified atom stereocenters. The average molecular weight is 512 g/mol. The number of fused-ring (bicyclic) bond motifs is 1. The van der Waals surface area contributed by atoms with Gasteiger partial charge in [0.15, 0.2) is 0 Å². The molecule has 1 aliphatic heterocycles. The summed E-state index contributed by atoms with van der Waals surface area (Å²) in [6.45, 7) is 3.88. The zero-order chi connectivity index (χ0) is 26.6. The SMILES string of the molecule is C=C(NC)c1ccc(NCC#Cc2cc3c(NC4=C(F)CN(C)CC4)cccc3n2CC(F)(F)F)cc1. The molecule has 0 fully saturated rings. The molecule has 5 nitrogen and oxygen atoms in total. The summed E-state index contributed by atoms with van der Waals surface area (Å²) in [7, 11) is 3.63. The Morgan fingerprint density at radius 1 is 1.14 bits per heavy atom. The van der Waals surface area contributed by atoms with Crippen molar-refractivity contribution in [3.63, 3.8) is 0 Å². The number of halogens is 4. The van der Waals surface area contributed by atoms with E-state index in [9.17, 15) is 17.6 Å². The third-order valence-corrected chi connectivity index (χ3v) is 6.18. The zero-order valence-corrected chi connectivity index (χ0v) is 20.8. The number of benzene rings is 2. The normalized spacial score (nSPS) is 14.3. The smallest absolute Gasteiger partial charge is 0.388 e. The third-order valence-electron chi connectivity index (χ3n) is 6.18. The maximum Gasteiger partial charge on any atom is 0.406 e. The number of likely N-dealkylation sites (N-methyl/N-ethyl adjacent to an activating group) is 1. The topological polar surface area (TPSA) is 44.3 Å². The Morgan fingerprint density at radius 3 is 2.57 bits per heavy atom. The molecule has 0 saturated carbocycles. The largest absolute Gasteiger partial charge is 0.406 e. The lowest BCUT2D eigenvalue weighted by atomic mass is 10.1. The van der Waals surface area contributed by atoms with Crippen LogP contribution in [0.15, 0.2) is 66.6 Å². The van der Waals surface area contributed by atoms with E-state index in [1.54, 1.807) is 31.3 Å². The predicted octanol–water partition coefficient (Wildman–Crippen LogP) is 5.79. The highest BCUT2D eigenvalue weighted by atomic mass is 19.4. The average Bonchev–Trinajstić information content (AvgIpc) is 3.20. The molecular weight excluding hydrogens is 482 g/mol. The van der Waals surface area contributed by atoms with Gasteiger partial charge in [0, 0.05) is 48.2 Å². The summed E-state index contributed by atoms with van der Waals surface area (Å²) in [6.07, 6.45) is -3.93. The Balaban J connectivity index is 1.59. The molecule has 0 radical (unpaired) electrons. The first-order valence-electron chi connectivity index (χ1n) is 11.9. The van der Waals surface area contributed by atoms with E-state index in [0.29, 0.717) is 35.3 Å². The number of anilines is 2. The van der Waals surface area contributed by atoms with E-state index in [1.165, 1.54) is 0 Å². The van der Waals surface area contributed by atoms with Crippen LogP contribution in [0.25, 0.3) is 16.6 Å². The summed E-state index contributed by atoms with van der Waals surface area (Å²) in [5, 5.41) is 9.82. The fourth-order valence-electron chi connectivity index (χ4n) is 4.20. The van der Waals surface area contributed by atoms with Gasteiger partial charge in [0.05, 0.1) is 24.3 Å². The first-order chi connectivity index (χ1) is 17.6. The van der Waals surface area contributed by atoms with Crippen LogP contribution in [0.2, 0.25) is 0 Å². The van der Waals surface area contributed by atoms with Crippen LogP contribution in [0.3, 0.4) is 0 Å². The lowest BCUT2D eigenvalue weighted by molar-refractivity contribution is -0.140. The van der Waals surface area contributed by atoms with Crippen molar-refractivity contribution < 1.29 is 17.6 Å². The summed E-state index contributed by atoms with van der Waals surface area (Å²) in [5.74, 6) is 5.54. The molecule has 3 aromatic rings. The van der Waals surface area contributed by atoms with E-state index in [4.69, 9.17) is 0 Å². The molecule has 0 amide bonds. The summed E-state index contributed by atoms with van der Waals surface area (Å²) in [4.78, 5) is 1.87. The lowest BCUT2D eigenvalue weighted by Gasteiger charge is -2.24. The van der Waals surface area contributed by atoms with E-state index in [2.05, 4.69) is 34.4 Å². The van der Waals surface area contributed by atoms with Crippen molar-refractivity contribution >= 4 is 28.0 Å². The van der Waals surface area contributed by atoms with Crippen LogP contribution in [0, 0.1) is 11.8 Å². The van der Waals surface area contributed by atoms with Crippen molar-refractivity contribution in [3.05, 3.63) is 77.9 Å². The van der Waals surface area contributed by atoms with Crippen molar-refractivity contribution in [3.8, 4) is 11.8 Å². The molecule has 2 heterocycles. The number of nitrogens with zero attached hydrogens (tertiary/aromatic N) is 2. The number of aromatic nitrogens is 1. The Kier molecular flexibility index (Phi) is 7.79. The van der Waals surface area contributed by atoms with Gasteiger partial charge in [-0.1, -0.05) is 30.7 Å². The van der Waals surface area contributed by atoms with Gasteiger partial charge < -0.3 is 20.5 Å². The third kappa shape index (κ3) is 6.46. The summed E-state index contributed by atoms with van der Waals surface area (Å²) in [6, 6.07) is 14.2. The van der Waals surface area contributed by atoms with Gasteiger partial charge in [0.25, 0.3) is 0 Å². The maximum absolute atomic E-state index is 14.5. The second kappa shape index (κ2) is 11.0. The second-order valence-corrected chi connectivity index (χ2v) is 8.93. The van der Waals surface area contributed by atoms with Gasteiger partial charge in [-0.2, -0.15) is 13.2 Å². The summed E-state index contributed by atoms with van der Waals surface area (Å²) in [5.41, 5.74) is 4.21. The number of hydrogen-bond acceptors (Lipinski definition) is 4. The van der Waals surface area contributed by atoms with E-state index < -0.39 is 12.7 Å². The molecule has 0 bridgehead atoms. The molecule has 0 saturated heterocycles. The molecule has 1 aliphatic rings. The fourth-order valence-corrected chi connectivity index (χ4v) is 4.20. The van der Waals surface area contributed by atoms with Crippen LogP contribution in [-0.4, -0.2) is 49.4 Å². The summed E-state index contributed by atoms with van der Waals surface area (Å²) < 4.78 is 56.0. The minimum atomic E-state index is -4.42. The highest BCUT2D eigenvalue weighted by molar-refractivity contribution is 5.94. The zero-order valence-electron chi connectivity index (χ0n) is 20.8. The van der Waals surface area contributed by atoms with Gasteiger partial charge in [0.1, 0.15) is 12.4 Å². The Morgan fingerprint density at radius 2 is 1.89 bits per heavy atom.